The minimum atomic E-state index is 0.273. The molecule has 0 fully saturated rings. The SMILES string of the molecule is CCC(C)(C)NCCc1ccccc1. The highest BCUT2D eigenvalue weighted by atomic mass is 14.9. The minimum Gasteiger partial charge on any atom is -0.311 e. The van der Waals surface area contributed by atoms with Crippen LogP contribution in [0.3, 0.4) is 0 Å². The average Bonchev–Trinajstić information content (AvgIpc) is 2.19. The molecule has 0 heterocycles. The second kappa shape index (κ2) is 5.16. The summed E-state index contributed by atoms with van der Waals surface area (Å²) in [6.45, 7) is 7.77. The molecule has 0 radical (unpaired) electrons. The molecule has 1 N–H and O–H groups in total. The van der Waals surface area contributed by atoms with Gasteiger partial charge in [-0.1, -0.05) is 37.3 Å². The van der Waals surface area contributed by atoms with E-state index in [1.165, 1.54) is 12.0 Å². The Kier molecular flexibility index (Phi) is 4.15. The fourth-order valence-corrected chi connectivity index (χ4v) is 1.31. The topological polar surface area (TPSA) is 12.0 Å². The van der Waals surface area contributed by atoms with E-state index < -0.39 is 0 Å². The minimum absolute atomic E-state index is 0.273. The second-order valence-electron chi connectivity index (χ2n) is 4.40. The molecule has 0 aliphatic carbocycles. The lowest BCUT2D eigenvalue weighted by Crippen LogP contribution is -2.39. The molecule has 1 nitrogen and oxygen atoms in total. The van der Waals surface area contributed by atoms with E-state index in [1.54, 1.807) is 0 Å². The summed E-state index contributed by atoms with van der Waals surface area (Å²) >= 11 is 0. The third kappa shape index (κ3) is 3.93. The Morgan fingerprint density at radius 3 is 2.36 bits per heavy atom. The zero-order chi connectivity index (χ0) is 10.4. The van der Waals surface area contributed by atoms with Crippen molar-refractivity contribution in [1.29, 1.82) is 0 Å². The zero-order valence-electron chi connectivity index (χ0n) is 9.51. The van der Waals surface area contributed by atoms with Gasteiger partial charge in [0, 0.05) is 5.54 Å². The monoisotopic (exact) mass is 191 g/mol. The summed E-state index contributed by atoms with van der Waals surface area (Å²) in [6, 6.07) is 10.6. The van der Waals surface area contributed by atoms with Crippen molar-refractivity contribution in [3.8, 4) is 0 Å². The van der Waals surface area contributed by atoms with Gasteiger partial charge in [-0.3, -0.25) is 0 Å². The molecule has 0 aliphatic rings. The van der Waals surface area contributed by atoms with Crippen molar-refractivity contribution in [2.75, 3.05) is 6.54 Å². The first-order valence-electron chi connectivity index (χ1n) is 5.43. The van der Waals surface area contributed by atoms with Crippen molar-refractivity contribution in [3.05, 3.63) is 35.9 Å². The van der Waals surface area contributed by atoms with Gasteiger partial charge in [0.05, 0.1) is 0 Å². The molecule has 0 atom stereocenters. The highest BCUT2D eigenvalue weighted by Gasteiger charge is 2.12. The van der Waals surface area contributed by atoms with Crippen molar-refractivity contribution in [2.24, 2.45) is 0 Å². The third-order valence-electron chi connectivity index (χ3n) is 2.74. The summed E-state index contributed by atoms with van der Waals surface area (Å²) in [7, 11) is 0. The number of hydrogen-bond donors (Lipinski definition) is 1. The summed E-state index contributed by atoms with van der Waals surface area (Å²) in [5, 5.41) is 3.56. The van der Waals surface area contributed by atoms with Crippen molar-refractivity contribution in [3.63, 3.8) is 0 Å². The Hall–Kier alpha value is -0.820. The molecule has 1 rings (SSSR count). The van der Waals surface area contributed by atoms with Crippen molar-refractivity contribution in [1.82, 2.24) is 5.32 Å². The highest BCUT2D eigenvalue weighted by Crippen LogP contribution is 2.07. The molecular weight excluding hydrogens is 170 g/mol. The van der Waals surface area contributed by atoms with E-state index in [1.807, 2.05) is 0 Å². The quantitative estimate of drug-likeness (QED) is 0.754. The Morgan fingerprint density at radius 1 is 1.14 bits per heavy atom. The van der Waals surface area contributed by atoms with Crippen LogP contribution in [0.25, 0.3) is 0 Å². The van der Waals surface area contributed by atoms with Gasteiger partial charge in [0.1, 0.15) is 0 Å². The van der Waals surface area contributed by atoms with Crippen LogP contribution in [0.5, 0.6) is 0 Å². The van der Waals surface area contributed by atoms with Crippen LogP contribution in [0.4, 0.5) is 0 Å². The molecular formula is C13H21N. The summed E-state index contributed by atoms with van der Waals surface area (Å²) < 4.78 is 0. The van der Waals surface area contributed by atoms with E-state index in [2.05, 4.69) is 56.4 Å². The number of benzene rings is 1. The lowest BCUT2D eigenvalue weighted by atomic mass is 10.0. The Balaban J connectivity index is 2.29. The van der Waals surface area contributed by atoms with E-state index >= 15 is 0 Å². The molecule has 1 aromatic rings. The first kappa shape index (κ1) is 11.3. The largest absolute Gasteiger partial charge is 0.311 e. The van der Waals surface area contributed by atoms with Crippen LogP contribution in [-0.4, -0.2) is 12.1 Å². The Bertz CT molecular complexity index is 251. The van der Waals surface area contributed by atoms with Crippen molar-refractivity contribution in [2.45, 2.75) is 39.2 Å². The van der Waals surface area contributed by atoms with Gasteiger partial charge < -0.3 is 5.32 Å². The molecule has 0 amide bonds. The first-order chi connectivity index (χ1) is 6.64. The molecule has 14 heavy (non-hydrogen) atoms. The van der Waals surface area contributed by atoms with Crippen LogP contribution < -0.4 is 5.32 Å². The van der Waals surface area contributed by atoms with Crippen LogP contribution in [0.15, 0.2) is 30.3 Å². The van der Waals surface area contributed by atoms with Gasteiger partial charge in [0.15, 0.2) is 0 Å². The maximum atomic E-state index is 3.56. The maximum absolute atomic E-state index is 3.56. The van der Waals surface area contributed by atoms with E-state index in [0.29, 0.717) is 0 Å². The predicted molar refractivity (Wildman–Crippen MR) is 62.5 cm³/mol. The molecule has 0 aromatic heterocycles. The van der Waals surface area contributed by atoms with Crippen LogP contribution in [0, 0.1) is 0 Å². The molecule has 0 saturated heterocycles. The van der Waals surface area contributed by atoms with Gasteiger partial charge in [-0.15, -0.1) is 0 Å². The summed E-state index contributed by atoms with van der Waals surface area (Å²) in [6.07, 6.45) is 2.28. The molecule has 1 heteroatoms. The highest BCUT2D eigenvalue weighted by molar-refractivity contribution is 5.14. The molecule has 0 bridgehead atoms. The molecule has 0 saturated carbocycles. The summed E-state index contributed by atoms with van der Waals surface area (Å²) in [4.78, 5) is 0. The fourth-order valence-electron chi connectivity index (χ4n) is 1.31. The molecule has 78 valence electrons. The molecule has 0 spiro atoms. The molecule has 1 aromatic carbocycles. The van der Waals surface area contributed by atoms with Crippen LogP contribution >= 0.6 is 0 Å². The van der Waals surface area contributed by atoms with Crippen molar-refractivity contribution < 1.29 is 0 Å². The standard InChI is InChI=1S/C13H21N/c1-4-13(2,3)14-11-10-12-8-6-5-7-9-12/h5-9,14H,4,10-11H2,1-3H3. The first-order valence-corrected chi connectivity index (χ1v) is 5.43. The van der Waals surface area contributed by atoms with E-state index in [4.69, 9.17) is 0 Å². The van der Waals surface area contributed by atoms with Gasteiger partial charge in [0.2, 0.25) is 0 Å². The van der Waals surface area contributed by atoms with E-state index in [0.717, 1.165) is 13.0 Å². The maximum Gasteiger partial charge on any atom is 0.0122 e. The second-order valence-corrected chi connectivity index (χ2v) is 4.40. The summed E-state index contributed by atoms with van der Waals surface area (Å²) in [5.74, 6) is 0. The zero-order valence-corrected chi connectivity index (χ0v) is 9.51. The average molecular weight is 191 g/mol. The lowest BCUT2D eigenvalue weighted by Gasteiger charge is -2.24. The van der Waals surface area contributed by atoms with Gasteiger partial charge in [-0.2, -0.15) is 0 Å². The van der Waals surface area contributed by atoms with Crippen LogP contribution in [0.1, 0.15) is 32.8 Å². The molecule has 0 aliphatic heterocycles. The smallest absolute Gasteiger partial charge is 0.0122 e. The predicted octanol–water partition coefficient (Wildman–Crippen LogP) is 3.01. The van der Waals surface area contributed by atoms with Gasteiger partial charge >= 0.3 is 0 Å². The molecule has 0 unspecified atom stereocenters. The van der Waals surface area contributed by atoms with Crippen molar-refractivity contribution >= 4 is 0 Å². The third-order valence-corrected chi connectivity index (χ3v) is 2.74. The van der Waals surface area contributed by atoms with Gasteiger partial charge in [-0.25, -0.2) is 0 Å². The fraction of sp³-hybridized carbons (Fsp3) is 0.538. The van der Waals surface area contributed by atoms with Gasteiger partial charge in [0.25, 0.3) is 0 Å². The van der Waals surface area contributed by atoms with E-state index in [-0.39, 0.29) is 5.54 Å². The number of nitrogens with one attached hydrogen (secondary N) is 1. The van der Waals surface area contributed by atoms with Gasteiger partial charge in [-0.05, 0) is 38.8 Å². The van der Waals surface area contributed by atoms with Crippen LogP contribution in [-0.2, 0) is 6.42 Å². The number of rotatable bonds is 5. The Morgan fingerprint density at radius 2 is 1.79 bits per heavy atom. The van der Waals surface area contributed by atoms with Crippen LogP contribution in [0.2, 0.25) is 0 Å². The van der Waals surface area contributed by atoms with E-state index in [9.17, 15) is 0 Å². The lowest BCUT2D eigenvalue weighted by molar-refractivity contribution is 0.379. The summed E-state index contributed by atoms with van der Waals surface area (Å²) in [5.41, 5.74) is 1.68. The normalized spacial score (nSPS) is 11.6. The number of hydrogen-bond acceptors (Lipinski definition) is 1. The Labute approximate surface area is 87.5 Å².